The van der Waals surface area contributed by atoms with E-state index in [1.807, 2.05) is 29.9 Å². The second-order valence-corrected chi connectivity index (χ2v) is 4.46. The first-order valence-electron chi connectivity index (χ1n) is 6.12. The number of nitrogens with one attached hydrogen (secondary N) is 1. The molecule has 0 aliphatic carbocycles. The first-order valence-corrected chi connectivity index (χ1v) is 6.12. The van der Waals surface area contributed by atoms with Gasteiger partial charge in [-0.2, -0.15) is 5.10 Å². The summed E-state index contributed by atoms with van der Waals surface area (Å²) < 4.78 is 7.73. The number of rotatable bonds is 4. The van der Waals surface area contributed by atoms with Gasteiger partial charge in [0, 0.05) is 6.42 Å². The van der Waals surface area contributed by atoms with Gasteiger partial charge in [0.1, 0.15) is 18.2 Å². The first-order chi connectivity index (χ1) is 8.85. The molecule has 5 nitrogen and oxygen atoms in total. The third-order valence-electron chi connectivity index (χ3n) is 3.02. The van der Waals surface area contributed by atoms with Gasteiger partial charge in [-0.1, -0.05) is 18.2 Å². The molecule has 2 heterocycles. The van der Waals surface area contributed by atoms with Crippen LogP contribution < -0.4 is 10.1 Å². The van der Waals surface area contributed by atoms with Crippen molar-refractivity contribution in [2.24, 2.45) is 0 Å². The molecule has 1 aliphatic rings. The Bertz CT molecular complexity index is 512. The van der Waals surface area contributed by atoms with Crippen LogP contribution in [-0.2, 0) is 19.5 Å². The summed E-state index contributed by atoms with van der Waals surface area (Å²) in [4.78, 5) is 4.23. The highest BCUT2D eigenvalue weighted by Crippen LogP contribution is 2.28. The van der Waals surface area contributed by atoms with Gasteiger partial charge in [0.2, 0.25) is 0 Å². The molecule has 5 heteroatoms. The van der Waals surface area contributed by atoms with Crippen LogP contribution in [0, 0.1) is 0 Å². The molecular weight excluding hydrogens is 228 g/mol. The molecule has 0 radical (unpaired) electrons. The van der Waals surface area contributed by atoms with E-state index in [2.05, 4.69) is 21.5 Å². The second kappa shape index (κ2) is 4.78. The minimum absolute atomic E-state index is 0.159. The molecule has 1 N–H and O–H groups in total. The summed E-state index contributed by atoms with van der Waals surface area (Å²) in [6, 6.07) is 8.18. The van der Waals surface area contributed by atoms with Crippen molar-refractivity contribution >= 4 is 0 Å². The SMILES string of the molecule is CNCc1ncn(CC2Cc3ccccc3O2)n1. The Balaban J connectivity index is 1.65. The van der Waals surface area contributed by atoms with Crippen LogP contribution in [-0.4, -0.2) is 27.9 Å². The summed E-state index contributed by atoms with van der Waals surface area (Å²) in [6.45, 7) is 1.43. The largest absolute Gasteiger partial charge is 0.488 e. The molecule has 1 unspecified atom stereocenters. The Hall–Kier alpha value is -1.88. The molecule has 0 bridgehead atoms. The maximum absolute atomic E-state index is 5.88. The standard InChI is InChI=1S/C13H16N4O/c1-14-7-13-15-9-17(16-13)8-11-6-10-4-2-3-5-12(10)18-11/h2-5,9,11,14H,6-8H2,1H3. The molecule has 2 aromatic rings. The van der Waals surface area contributed by atoms with E-state index in [-0.39, 0.29) is 6.10 Å². The number of aromatic nitrogens is 3. The van der Waals surface area contributed by atoms with Crippen LogP contribution in [0.5, 0.6) is 5.75 Å². The highest BCUT2D eigenvalue weighted by Gasteiger charge is 2.22. The summed E-state index contributed by atoms with van der Waals surface area (Å²) in [5, 5.41) is 7.42. The molecule has 1 aromatic heterocycles. The molecule has 1 aromatic carbocycles. The monoisotopic (exact) mass is 244 g/mol. The minimum atomic E-state index is 0.159. The van der Waals surface area contributed by atoms with Gasteiger partial charge < -0.3 is 10.1 Å². The Morgan fingerprint density at radius 3 is 3.17 bits per heavy atom. The molecule has 0 saturated carbocycles. The number of ether oxygens (including phenoxy) is 1. The zero-order valence-corrected chi connectivity index (χ0v) is 10.3. The van der Waals surface area contributed by atoms with Crippen molar-refractivity contribution in [2.75, 3.05) is 7.05 Å². The van der Waals surface area contributed by atoms with Gasteiger partial charge in [0.25, 0.3) is 0 Å². The molecule has 0 saturated heterocycles. The van der Waals surface area contributed by atoms with E-state index >= 15 is 0 Å². The van der Waals surface area contributed by atoms with Crippen molar-refractivity contribution in [1.29, 1.82) is 0 Å². The van der Waals surface area contributed by atoms with Crippen molar-refractivity contribution < 1.29 is 4.74 Å². The zero-order chi connectivity index (χ0) is 12.4. The van der Waals surface area contributed by atoms with E-state index in [1.54, 1.807) is 6.33 Å². The molecule has 0 fully saturated rings. The lowest BCUT2D eigenvalue weighted by Gasteiger charge is -2.09. The van der Waals surface area contributed by atoms with Crippen molar-refractivity contribution in [3.05, 3.63) is 42.0 Å². The van der Waals surface area contributed by atoms with Gasteiger partial charge in [-0.15, -0.1) is 0 Å². The van der Waals surface area contributed by atoms with E-state index in [0.717, 1.165) is 24.5 Å². The Labute approximate surface area is 106 Å². The zero-order valence-electron chi connectivity index (χ0n) is 10.3. The minimum Gasteiger partial charge on any atom is -0.488 e. The van der Waals surface area contributed by atoms with Crippen LogP contribution in [0.1, 0.15) is 11.4 Å². The maximum atomic E-state index is 5.88. The van der Waals surface area contributed by atoms with Crippen LogP contribution >= 0.6 is 0 Å². The smallest absolute Gasteiger partial charge is 0.164 e. The molecular formula is C13H16N4O. The molecule has 1 atom stereocenters. The average molecular weight is 244 g/mol. The van der Waals surface area contributed by atoms with Gasteiger partial charge in [0.15, 0.2) is 5.82 Å². The number of hydrogen-bond donors (Lipinski definition) is 1. The van der Waals surface area contributed by atoms with Crippen LogP contribution in [0.2, 0.25) is 0 Å². The quantitative estimate of drug-likeness (QED) is 0.871. The molecule has 0 amide bonds. The highest BCUT2D eigenvalue weighted by atomic mass is 16.5. The van der Waals surface area contributed by atoms with E-state index in [1.165, 1.54) is 5.56 Å². The number of hydrogen-bond acceptors (Lipinski definition) is 4. The van der Waals surface area contributed by atoms with Crippen LogP contribution in [0.4, 0.5) is 0 Å². The van der Waals surface area contributed by atoms with E-state index in [0.29, 0.717) is 6.54 Å². The number of para-hydroxylation sites is 1. The Morgan fingerprint density at radius 2 is 2.33 bits per heavy atom. The van der Waals surface area contributed by atoms with Crippen molar-refractivity contribution in [2.45, 2.75) is 25.6 Å². The van der Waals surface area contributed by atoms with Crippen molar-refractivity contribution in [3.63, 3.8) is 0 Å². The van der Waals surface area contributed by atoms with E-state index in [4.69, 9.17) is 4.74 Å². The summed E-state index contributed by atoms with van der Waals surface area (Å²) >= 11 is 0. The second-order valence-electron chi connectivity index (χ2n) is 4.46. The Morgan fingerprint density at radius 1 is 1.44 bits per heavy atom. The molecule has 1 aliphatic heterocycles. The third-order valence-corrected chi connectivity index (χ3v) is 3.02. The van der Waals surface area contributed by atoms with Crippen LogP contribution in [0.3, 0.4) is 0 Å². The topological polar surface area (TPSA) is 52.0 Å². The molecule has 3 rings (SSSR count). The summed E-state index contributed by atoms with van der Waals surface area (Å²) in [5.74, 6) is 1.81. The lowest BCUT2D eigenvalue weighted by atomic mass is 10.1. The van der Waals surface area contributed by atoms with E-state index in [9.17, 15) is 0 Å². The van der Waals surface area contributed by atoms with Gasteiger partial charge in [-0.25, -0.2) is 9.67 Å². The van der Waals surface area contributed by atoms with E-state index < -0.39 is 0 Å². The van der Waals surface area contributed by atoms with Crippen molar-refractivity contribution in [1.82, 2.24) is 20.1 Å². The summed E-state index contributed by atoms with van der Waals surface area (Å²) in [6.07, 6.45) is 2.86. The number of benzene rings is 1. The molecule has 18 heavy (non-hydrogen) atoms. The van der Waals surface area contributed by atoms with Gasteiger partial charge in [-0.05, 0) is 18.7 Å². The fraction of sp³-hybridized carbons (Fsp3) is 0.385. The lowest BCUT2D eigenvalue weighted by molar-refractivity contribution is 0.203. The lowest BCUT2D eigenvalue weighted by Crippen LogP contribution is -2.21. The maximum Gasteiger partial charge on any atom is 0.164 e. The highest BCUT2D eigenvalue weighted by molar-refractivity contribution is 5.37. The Kier molecular flexibility index (Phi) is 2.98. The summed E-state index contributed by atoms with van der Waals surface area (Å²) in [7, 11) is 1.89. The molecule has 0 spiro atoms. The number of fused-ring (bicyclic) bond motifs is 1. The predicted octanol–water partition coefficient (Wildman–Crippen LogP) is 1.00. The normalized spacial score (nSPS) is 17.5. The molecule has 94 valence electrons. The van der Waals surface area contributed by atoms with Gasteiger partial charge in [0.05, 0.1) is 13.1 Å². The fourth-order valence-corrected chi connectivity index (χ4v) is 2.22. The average Bonchev–Trinajstić information content (AvgIpc) is 2.96. The third kappa shape index (κ3) is 2.22. The van der Waals surface area contributed by atoms with Crippen molar-refractivity contribution in [3.8, 4) is 5.75 Å². The predicted molar refractivity (Wildman–Crippen MR) is 67.3 cm³/mol. The van der Waals surface area contributed by atoms with Crippen LogP contribution in [0.15, 0.2) is 30.6 Å². The number of nitrogens with zero attached hydrogens (tertiary/aromatic N) is 3. The summed E-state index contributed by atoms with van der Waals surface area (Å²) in [5.41, 5.74) is 1.28. The van der Waals surface area contributed by atoms with Gasteiger partial charge >= 0.3 is 0 Å². The van der Waals surface area contributed by atoms with Gasteiger partial charge in [-0.3, -0.25) is 0 Å². The fourth-order valence-electron chi connectivity index (χ4n) is 2.22. The van der Waals surface area contributed by atoms with Crippen LogP contribution in [0.25, 0.3) is 0 Å². The first kappa shape index (κ1) is 11.2.